The van der Waals surface area contributed by atoms with Crippen LogP contribution in [0.3, 0.4) is 0 Å². The first kappa shape index (κ1) is 15.3. The highest BCUT2D eigenvalue weighted by Gasteiger charge is 2.23. The van der Waals surface area contributed by atoms with E-state index < -0.39 is 4.92 Å². The molecule has 0 radical (unpaired) electrons. The number of nitro groups is 1. The number of hydrogen-bond acceptors (Lipinski definition) is 4. The minimum absolute atomic E-state index is 0.153. The Bertz CT molecular complexity index is 641. The average Bonchev–Trinajstić information content (AvgIpc) is 2.40. The summed E-state index contributed by atoms with van der Waals surface area (Å²) in [7, 11) is 0. The van der Waals surface area contributed by atoms with Crippen molar-refractivity contribution in [1.82, 2.24) is 0 Å². The van der Waals surface area contributed by atoms with Gasteiger partial charge in [-0.15, -0.1) is 0 Å². The van der Waals surface area contributed by atoms with Crippen molar-refractivity contribution >= 4 is 21.6 Å². The molecular formula is C15H14BrNO4. The second-order valence-corrected chi connectivity index (χ2v) is 5.50. The molecule has 2 aromatic rings. The Labute approximate surface area is 130 Å². The SMILES string of the molecule is CC(C)Oc1cccc(Oc2ccc(Br)cc2)c1[N+](=O)[O-]. The maximum absolute atomic E-state index is 11.3. The Morgan fingerprint density at radius 3 is 2.29 bits per heavy atom. The van der Waals surface area contributed by atoms with E-state index in [1.54, 1.807) is 42.5 Å². The molecule has 0 saturated carbocycles. The molecule has 21 heavy (non-hydrogen) atoms. The predicted octanol–water partition coefficient (Wildman–Crippen LogP) is 4.94. The molecule has 0 aromatic heterocycles. The molecule has 0 fully saturated rings. The van der Waals surface area contributed by atoms with Gasteiger partial charge in [0.05, 0.1) is 11.0 Å². The maximum atomic E-state index is 11.3. The van der Waals surface area contributed by atoms with E-state index in [0.29, 0.717) is 5.75 Å². The zero-order chi connectivity index (χ0) is 15.4. The van der Waals surface area contributed by atoms with Crippen LogP contribution in [0.5, 0.6) is 17.2 Å². The van der Waals surface area contributed by atoms with Crippen LogP contribution in [0.25, 0.3) is 0 Å². The summed E-state index contributed by atoms with van der Waals surface area (Å²) < 4.78 is 12.0. The van der Waals surface area contributed by atoms with Gasteiger partial charge in [0.2, 0.25) is 11.5 Å². The predicted molar refractivity (Wildman–Crippen MR) is 83.1 cm³/mol. The number of ether oxygens (including phenoxy) is 2. The third-order valence-electron chi connectivity index (χ3n) is 2.55. The summed E-state index contributed by atoms with van der Waals surface area (Å²) in [4.78, 5) is 10.8. The second-order valence-electron chi connectivity index (χ2n) is 4.58. The van der Waals surface area contributed by atoms with Crippen LogP contribution in [0.15, 0.2) is 46.9 Å². The topological polar surface area (TPSA) is 61.6 Å². The highest BCUT2D eigenvalue weighted by atomic mass is 79.9. The summed E-state index contributed by atoms with van der Waals surface area (Å²) >= 11 is 3.32. The number of nitrogens with zero attached hydrogens (tertiary/aromatic N) is 1. The Kier molecular flexibility index (Phi) is 4.80. The van der Waals surface area contributed by atoms with Gasteiger partial charge in [-0.1, -0.05) is 22.0 Å². The molecule has 0 aliphatic heterocycles. The molecule has 0 saturated heterocycles. The van der Waals surface area contributed by atoms with Crippen LogP contribution >= 0.6 is 15.9 Å². The maximum Gasteiger partial charge on any atom is 0.352 e. The lowest BCUT2D eigenvalue weighted by atomic mass is 10.2. The average molecular weight is 352 g/mol. The first-order valence-corrected chi connectivity index (χ1v) is 7.14. The monoisotopic (exact) mass is 351 g/mol. The third-order valence-corrected chi connectivity index (χ3v) is 3.08. The summed E-state index contributed by atoms with van der Waals surface area (Å²) in [6.07, 6.45) is -0.161. The lowest BCUT2D eigenvalue weighted by Gasteiger charge is -2.12. The van der Waals surface area contributed by atoms with Gasteiger partial charge in [0.1, 0.15) is 5.75 Å². The molecule has 0 unspecified atom stereocenters. The van der Waals surface area contributed by atoms with E-state index in [0.717, 1.165) is 4.47 Å². The molecule has 2 rings (SSSR count). The molecule has 5 nitrogen and oxygen atoms in total. The van der Waals surface area contributed by atoms with Crippen LogP contribution < -0.4 is 9.47 Å². The number of benzene rings is 2. The summed E-state index contributed by atoms with van der Waals surface area (Å²) in [5.74, 6) is 0.869. The molecule has 0 amide bonds. The summed E-state index contributed by atoms with van der Waals surface area (Å²) in [6.45, 7) is 3.62. The molecular weight excluding hydrogens is 338 g/mol. The Balaban J connectivity index is 2.38. The van der Waals surface area contributed by atoms with E-state index >= 15 is 0 Å². The Hall–Kier alpha value is -2.08. The molecule has 0 aliphatic rings. The fourth-order valence-corrected chi connectivity index (χ4v) is 2.01. The number of nitro benzene ring substituents is 1. The van der Waals surface area contributed by atoms with Gasteiger partial charge in [-0.3, -0.25) is 10.1 Å². The quantitative estimate of drug-likeness (QED) is 0.565. The van der Waals surface area contributed by atoms with E-state index in [-0.39, 0.29) is 23.3 Å². The van der Waals surface area contributed by atoms with Gasteiger partial charge in [0.25, 0.3) is 0 Å². The lowest BCUT2D eigenvalue weighted by Crippen LogP contribution is -2.07. The summed E-state index contributed by atoms with van der Waals surface area (Å²) in [5.41, 5.74) is -0.172. The van der Waals surface area contributed by atoms with Crippen molar-refractivity contribution < 1.29 is 14.4 Å². The fourth-order valence-electron chi connectivity index (χ4n) is 1.74. The zero-order valence-corrected chi connectivity index (χ0v) is 13.2. The van der Waals surface area contributed by atoms with Gasteiger partial charge in [-0.05, 0) is 50.2 Å². The zero-order valence-electron chi connectivity index (χ0n) is 11.6. The first-order chi connectivity index (χ1) is 9.97. The van der Waals surface area contributed by atoms with E-state index in [9.17, 15) is 10.1 Å². The minimum atomic E-state index is -0.494. The molecule has 0 N–H and O–H groups in total. The van der Waals surface area contributed by atoms with Crippen molar-refractivity contribution in [3.05, 3.63) is 57.1 Å². The van der Waals surface area contributed by atoms with Gasteiger partial charge in [0, 0.05) is 4.47 Å². The van der Waals surface area contributed by atoms with Crippen LogP contribution in [0, 0.1) is 10.1 Å². The number of halogens is 1. The first-order valence-electron chi connectivity index (χ1n) is 6.35. The molecule has 0 atom stereocenters. The van der Waals surface area contributed by atoms with Crippen molar-refractivity contribution in [3.63, 3.8) is 0 Å². The number of para-hydroxylation sites is 1. The molecule has 0 bridgehead atoms. The van der Waals surface area contributed by atoms with Gasteiger partial charge in [-0.2, -0.15) is 0 Å². The largest absolute Gasteiger partial charge is 0.484 e. The van der Waals surface area contributed by atoms with Crippen LogP contribution in [-0.4, -0.2) is 11.0 Å². The van der Waals surface area contributed by atoms with Gasteiger partial charge in [-0.25, -0.2) is 0 Å². The van der Waals surface area contributed by atoms with Crippen molar-refractivity contribution in [1.29, 1.82) is 0 Å². The van der Waals surface area contributed by atoms with Crippen LogP contribution in [0.4, 0.5) is 5.69 Å². The highest BCUT2D eigenvalue weighted by Crippen LogP contribution is 2.39. The lowest BCUT2D eigenvalue weighted by molar-refractivity contribution is -0.386. The van der Waals surface area contributed by atoms with E-state index in [2.05, 4.69) is 15.9 Å². The molecule has 110 valence electrons. The van der Waals surface area contributed by atoms with E-state index in [1.165, 1.54) is 0 Å². The Morgan fingerprint density at radius 1 is 1.10 bits per heavy atom. The van der Waals surface area contributed by atoms with Crippen molar-refractivity contribution in [2.24, 2.45) is 0 Å². The van der Waals surface area contributed by atoms with Gasteiger partial charge in [0.15, 0.2) is 0 Å². The smallest absolute Gasteiger partial charge is 0.352 e. The molecule has 0 aliphatic carbocycles. The minimum Gasteiger partial charge on any atom is -0.484 e. The van der Waals surface area contributed by atoms with Crippen LogP contribution in [0.1, 0.15) is 13.8 Å². The van der Waals surface area contributed by atoms with Crippen LogP contribution in [0.2, 0.25) is 0 Å². The second kappa shape index (κ2) is 6.58. The summed E-state index contributed by atoms with van der Waals surface area (Å²) in [5, 5.41) is 11.3. The third kappa shape index (κ3) is 3.95. The molecule has 6 heteroatoms. The molecule has 2 aromatic carbocycles. The van der Waals surface area contributed by atoms with E-state index in [1.807, 2.05) is 13.8 Å². The van der Waals surface area contributed by atoms with Crippen molar-refractivity contribution in [3.8, 4) is 17.2 Å². The highest BCUT2D eigenvalue weighted by molar-refractivity contribution is 9.10. The van der Waals surface area contributed by atoms with Gasteiger partial charge < -0.3 is 9.47 Å². The fraction of sp³-hybridized carbons (Fsp3) is 0.200. The Morgan fingerprint density at radius 2 is 1.71 bits per heavy atom. The van der Waals surface area contributed by atoms with Crippen molar-refractivity contribution in [2.45, 2.75) is 20.0 Å². The van der Waals surface area contributed by atoms with Crippen LogP contribution in [-0.2, 0) is 0 Å². The number of hydrogen-bond donors (Lipinski definition) is 0. The van der Waals surface area contributed by atoms with Gasteiger partial charge >= 0.3 is 5.69 Å². The number of rotatable bonds is 5. The standard InChI is InChI=1S/C15H14BrNO4/c1-10(2)20-13-4-3-5-14(15(13)17(18)19)21-12-8-6-11(16)7-9-12/h3-10H,1-2H3. The van der Waals surface area contributed by atoms with E-state index in [4.69, 9.17) is 9.47 Å². The normalized spacial score (nSPS) is 10.5. The summed E-state index contributed by atoms with van der Waals surface area (Å²) in [6, 6.07) is 11.8. The van der Waals surface area contributed by atoms with Crippen molar-refractivity contribution in [2.75, 3.05) is 0 Å². The molecule has 0 heterocycles. The molecule has 0 spiro atoms.